The van der Waals surface area contributed by atoms with E-state index < -0.39 is 20.2 Å². The van der Waals surface area contributed by atoms with Gasteiger partial charge in [-0.2, -0.15) is 5.26 Å². The molecule has 302 valence electrons. The fourth-order valence-corrected chi connectivity index (χ4v) is 9.37. The second-order valence-corrected chi connectivity index (χ2v) is 16.1. The van der Waals surface area contributed by atoms with E-state index in [-0.39, 0.29) is 50.1 Å². The largest absolute Gasteiger partial charge is 0.497 e. The Balaban J connectivity index is 1.37. The molecule has 0 aliphatic carbocycles. The van der Waals surface area contributed by atoms with Crippen molar-refractivity contribution in [3.8, 4) is 17.6 Å². The molecule has 0 saturated carbocycles. The van der Waals surface area contributed by atoms with E-state index in [0.29, 0.717) is 40.9 Å². The van der Waals surface area contributed by atoms with Gasteiger partial charge >= 0.3 is 0 Å². The van der Waals surface area contributed by atoms with E-state index in [1.54, 1.807) is 26.4 Å². The maximum atomic E-state index is 13.9. The Kier molecular flexibility index (Phi) is 14.3. The van der Waals surface area contributed by atoms with Crippen molar-refractivity contribution < 1.29 is 32.8 Å². The van der Waals surface area contributed by atoms with Gasteiger partial charge in [-0.1, -0.05) is 78.9 Å². The van der Waals surface area contributed by atoms with Crippen molar-refractivity contribution in [3.05, 3.63) is 143 Å². The third-order valence-corrected chi connectivity index (χ3v) is 12.5. The predicted molar refractivity (Wildman–Crippen MR) is 227 cm³/mol. The highest BCUT2D eigenvalue weighted by Crippen LogP contribution is 2.49. The van der Waals surface area contributed by atoms with Crippen molar-refractivity contribution in [2.45, 2.75) is 70.7 Å². The quantitative estimate of drug-likeness (QED) is 0.0329. The molecule has 0 spiro atoms. The van der Waals surface area contributed by atoms with Gasteiger partial charge in [0.05, 0.1) is 46.0 Å². The molecule has 11 heteroatoms. The van der Waals surface area contributed by atoms with Gasteiger partial charge in [0.2, 0.25) is 0 Å². The van der Waals surface area contributed by atoms with Crippen LogP contribution in [0, 0.1) is 11.3 Å². The Bertz CT molecular complexity index is 2080. The maximum absolute atomic E-state index is 13.9. The average molecular weight is 802 g/mol. The summed E-state index contributed by atoms with van der Waals surface area (Å²) in [5.74, 6) is 0.811. The van der Waals surface area contributed by atoms with E-state index in [9.17, 15) is 14.9 Å². The lowest BCUT2D eigenvalue weighted by Crippen LogP contribution is -2.41. The van der Waals surface area contributed by atoms with Crippen molar-refractivity contribution in [1.29, 1.82) is 5.26 Å². The van der Waals surface area contributed by atoms with E-state index in [1.807, 2.05) is 103 Å². The highest BCUT2D eigenvalue weighted by atomic mass is 31.2. The highest BCUT2D eigenvalue weighted by molar-refractivity contribution is 7.44. The number of benzene rings is 5. The zero-order valence-corrected chi connectivity index (χ0v) is 35.0. The first-order valence-corrected chi connectivity index (χ1v) is 20.9. The van der Waals surface area contributed by atoms with Crippen LogP contribution in [0.25, 0.3) is 10.8 Å². The summed E-state index contributed by atoms with van der Waals surface area (Å²) in [5, 5.41) is 11.0. The lowest BCUT2D eigenvalue weighted by Gasteiger charge is -2.40. The molecular formula is C47H52N3O7P. The number of carbonyl (C=O) groups excluding carboxylic acids is 2. The minimum atomic E-state index is -1.66. The van der Waals surface area contributed by atoms with E-state index in [2.05, 4.69) is 38.4 Å². The molecule has 2 atom stereocenters. The van der Waals surface area contributed by atoms with E-state index in [1.165, 1.54) is 4.90 Å². The highest BCUT2D eigenvalue weighted by Gasteiger charge is 2.40. The smallest absolute Gasteiger partial charge is 0.261 e. The molecule has 1 aliphatic rings. The van der Waals surface area contributed by atoms with Crippen molar-refractivity contribution in [2.24, 2.45) is 0 Å². The second kappa shape index (κ2) is 19.5. The first-order valence-electron chi connectivity index (χ1n) is 19.7. The molecule has 0 fully saturated rings. The van der Waals surface area contributed by atoms with Crippen molar-refractivity contribution >= 4 is 31.1 Å². The monoisotopic (exact) mass is 801 g/mol. The zero-order chi connectivity index (χ0) is 41.2. The van der Waals surface area contributed by atoms with Gasteiger partial charge in [-0.3, -0.25) is 14.5 Å². The van der Waals surface area contributed by atoms with Crippen LogP contribution in [-0.4, -0.2) is 73.6 Å². The fourth-order valence-electron chi connectivity index (χ4n) is 7.64. The molecular weight excluding hydrogens is 750 g/mol. The molecule has 0 bridgehead atoms. The number of amides is 2. The summed E-state index contributed by atoms with van der Waals surface area (Å²) < 4.78 is 34.0. The topological polar surface area (TPSA) is 111 Å². The van der Waals surface area contributed by atoms with Crippen LogP contribution in [0.3, 0.4) is 0 Å². The Labute approximate surface area is 343 Å². The predicted octanol–water partition coefficient (Wildman–Crippen LogP) is 9.90. The lowest BCUT2D eigenvalue weighted by atomic mass is 9.80. The van der Waals surface area contributed by atoms with E-state index in [0.717, 1.165) is 22.1 Å². The second-order valence-electron chi connectivity index (χ2n) is 14.7. The van der Waals surface area contributed by atoms with Gasteiger partial charge in [0.15, 0.2) is 0 Å². The van der Waals surface area contributed by atoms with Gasteiger partial charge in [0.1, 0.15) is 17.1 Å². The van der Waals surface area contributed by atoms with Gasteiger partial charge in [0.25, 0.3) is 20.3 Å². The van der Waals surface area contributed by atoms with E-state index in [4.69, 9.17) is 23.3 Å². The average Bonchev–Trinajstić information content (AvgIpc) is 3.24. The number of carbonyl (C=O) groups is 2. The number of methoxy groups -OCH3 is 2. The summed E-state index contributed by atoms with van der Waals surface area (Å²) in [6, 6.07) is 39.2. The van der Waals surface area contributed by atoms with Crippen LogP contribution in [-0.2, 0) is 19.4 Å². The summed E-state index contributed by atoms with van der Waals surface area (Å²) in [4.78, 5) is 29.1. The molecule has 58 heavy (non-hydrogen) atoms. The molecule has 10 nitrogen and oxygen atoms in total. The fraction of sp³-hybridized carbons (Fsp3) is 0.340. The van der Waals surface area contributed by atoms with Crippen LogP contribution in [0.15, 0.2) is 115 Å². The molecule has 0 N–H and O–H groups in total. The summed E-state index contributed by atoms with van der Waals surface area (Å²) in [6.07, 6.45) is 0.534. The molecule has 0 radical (unpaired) electrons. The molecule has 0 saturated heterocycles. The standard InChI is InChI=1S/C47H52N3O7P/c1-33(2)50(34(3)4)58(56-31-13-29-48)57-41(18-12-30-49-45(51)42-19-10-14-35-15-11-20-43(44(35)42)46(49)52)32-55-47(36-16-8-7-9-17-36,37-21-25-39(53-5)26-22-37)38-23-27-40(54-6)28-24-38/h7-11,14-17,19-28,33-34,41H,12-13,18,30-32H2,1-6H3/t41-,58?/m0/s1. The van der Waals surface area contributed by atoms with Gasteiger partial charge in [-0.25, -0.2) is 4.67 Å². The van der Waals surface area contributed by atoms with Crippen molar-refractivity contribution in [2.75, 3.05) is 34.0 Å². The van der Waals surface area contributed by atoms with Crippen LogP contribution in [0.5, 0.6) is 11.5 Å². The first-order chi connectivity index (χ1) is 28.1. The number of hydrogen-bond acceptors (Lipinski definition) is 9. The van der Waals surface area contributed by atoms with Crippen molar-refractivity contribution in [1.82, 2.24) is 9.57 Å². The Hall–Kier alpha value is -5.14. The van der Waals surface area contributed by atoms with Gasteiger partial charge in [0, 0.05) is 35.1 Å². The van der Waals surface area contributed by atoms with Crippen LogP contribution in [0.2, 0.25) is 0 Å². The van der Waals surface area contributed by atoms with Gasteiger partial charge < -0.3 is 23.3 Å². The normalized spacial score (nSPS) is 14.0. The number of nitriles is 1. The minimum absolute atomic E-state index is 0.0724. The van der Waals surface area contributed by atoms with E-state index >= 15 is 0 Å². The number of rotatable bonds is 20. The van der Waals surface area contributed by atoms with Crippen LogP contribution in [0.1, 0.15) is 84.4 Å². The number of nitrogens with zero attached hydrogens (tertiary/aromatic N) is 3. The molecule has 1 unspecified atom stereocenters. The molecule has 5 aromatic rings. The maximum Gasteiger partial charge on any atom is 0.261 e. The summed E-state index contributed by atoms with van der Waals surface area (Å²) >= 11 is 0. The Morgan fingerprint density at radius 1 is 0.724 bits per heavy atom. The number of ether oxygens (including phenoxy) is 3. The first kappa shape index (κ1) is 42.5. The van der Waals surface area contributed by atoms with Crippen LogP contribution >= 0.6 is 8.53 Å². The Morgan fingerprint density at radius 3 is 1.76 bits per heavy atom. The Morgan fingerprint density at radius 2 is 1.26 bits per heavy atom. The van der Waals surface area contributed by atoms with Crippen LogP contribution < -0.4 is 9.47 Å². The molecule has 6 rings (SSSR count). The molecule has 2 amide bonds. The summed E-state index contributed by atoms with van der Waals surface area (Å²) in [7, 11) is 1.62. The van der Waals surface area contributed by atoms with Crippen LogP contribution in [0.4, 0.5) is 0 Å². The minimum Gasteiger partial charge on any atom is -0.497 e. The SMILES string of the molecule is COc1ccc(C(OC[C@H](CCCN2C(=O)c3cccc4cccc(c34)C2=O)OP(OCCC#N)N(C(C)C)C(C)C)(c2ccccc2)c2ccc(OC)cc2)cc1. The molecule has 1 heterocycles. The van der Waals surface area contributed by atoms with Gasteiger partial charge in [-0.05, 0) is 99.0 Å². The summed E-state index contributed by atoms with van der Waals surface area (Å²) in [6.45, 7) is 8.89. The van der Waals surface area contributed by atoms with Gasteiger partial charge in [-0.15, -0.1) is 0 Å². The molecule has 0 aromatic heterocycles. The molecule has 5 aromatic carbocycles. The number of hydrogen-bond donors (Lipinski definition) is 0. The third kappa shape index (κ3) is 9.10. The lowest BCUT2D eigenvalue weighted by molar-refractivity contribution is -0.0369. The molecule has 1 aliphatic heterocycles. The number of imide groups is 1. The third-order valence-electron chi connectivity index (χ3n) is 10.3. The zero-order valence-electron chi connectivity index (χ0n) is 34.1. The van der Waals surface area contributed by atoms with Crippen molar-refractivity contribution in [3.63, 3.8) is 0 Å². The summed E-state index contributed by atoms with van der Waals surface area (Å²) in [5.41, 5.74) is 2.59.